The Morgan fingerprint density at radius 3 is 3.20 bits per heavy atom. The number of pyridine rings is 1. The van der Waals surface area contributed by atoms with Gasteiger partial charge in [0.05, 0.1) is 14.6 Å². The van der Waals surface area contributed by atoms with Gasteiger partial charge in [0.25, 0.3) is 0 Å². The largest absolute Gasteiger partial charge is 0.376 e. The first-order valence-electron chi connectivity index (χ1n) is 7.36. The minimum atomic E-state index is 0.605. The molecule has 2 aromatic heterocycles. The Bertz CT molecular complexity index is 838. The molecular formula is C17H16N2O. The molecule has 0 amide bonds. The second kappa shape index (κ2) is 4.46. The summed E-state index contributed by atoms with van der Waals surface area (Å²) in [5.74, 6) is 0. The lowest BCUT2D eigenvalue weighted by atomic mass is 9.97. The van der Waals surface area contributed by atoms with Gasteiger partial charge in [-0.05, 0) is 47.7 Å². The van der Waals surface area contributed by atoms with Crippen LogP contribution in [-0.4, -0.2) is 16.6 Å². The van der Waals surface area contributed by atoms with E-state index < -0.39 is 0 Å². The minimum Gasteiger partial charge on any atom is -0.376 e. The minimum absolute atomic E-state index is 0.605. The summed E-state index contributed by atoms with van der Waals surface area (Å²) in [5, 5.41) is 1.13. The smallest absolute Gasteiger partial charge is 0.137 e. The maximum Gasteiger partial charge on any atom is 0.137 e. The van der Waals surface area contributed by atoms with Crippen LogP contribution in [0.4, 0.5) is 0 Å². The summed E-state index contributed by atoms with van der Waals surface area (Å²) in [6, 6.07) is 6.82. The van der Waals surface area contributed by atoms with Gasteiger partial charge < -0.3 is 9.72 Å². The van der Waals surface area contributed by atoms with Gasteiger partial charge in [-0.1, -0.05) is 12.1 Å². The molecule has 4 rings (SSSR count). The summed E-state index contributed by atoms with van der Waals surface area (Å²) in [4.78, 5) is 7.63. The lowest BCUT2D eigenvalue weighted by Gasteiger charge is -2.17. The Morgan fingerprint density at radius 1 is 1.30 bits per heavy atom. The fourth-order valence-electron chi connectivity index (χ4n) is 2.75. The summed E-state index contributed by atoms with van der Waals surface area (Å²) in [6.45, 7) is 3.39. The molecule has 0 saturated heterocycles. The third kappa shape index (κ3) is 1.82. The Hall–Kier alpha value is -2.13. The van der Waals surface area contributed by atoms with Crippen LogP contribution < -0.4 is 0 Å². The lowest BCUT2D eigenvalue weighted by Crippen LogP contribution is -2.09. The molecule has 3 aromatic rings. The first-order valence-corrected chi connectivity index (χ1v) is 6.86. The van der Waals surface area contributed by atoms with E-state index in [0.29, 0.717) is 19.3 Å². The highest BCUT2D eigenvalue weighted by atomic mass is 16.5. The molecule has 0 unspecified atom stereocenters. The Balaban J connectivity index is 1.87. The number of aromatic nitrogens is 2. The van der Waals surface area contributed by atoms with Crippen LogP contribution in [0.2, 0.25) is 0 Å². The second-order valence-corrected chi connectivity index (χ2v) is 5.29. The van der Waals surface area contributed by atoms with Crippen LogP contribution in [0.15, 0.2) is 36.6 Å². The van der Waals surface area contributed by atoms with Crippen molar-refractivity contribution >= 4 is 11.0 Å². The normalized spacial score (nSPS) is 15.2. The first kappa shape index (κ1) is 10.6. The number of fused-ring (bicyclic) bond motifs is 2. The average Bonchev–Trinajstić information content (AvgIpc) is 2.88. The van der Waals surface area contributed by atoms with Crippen LogP contribution in [0.25, 0.3) is 22.2 Å². The highest BCUT2D eigenvalue weighted by molar-refractivity contribution is 5.84. The highest BCUT2D eigenvalue weighted by Crippen LogP contribution is 2.27. The van der Waals surface area contributed by atoms with E-state index in [4.69, 9.17) is 6.11 Å². The average molecular weight is 265 g/mol. The molecule has 3 heteroatoms. The lowest BCUT2D eigenvalue weighted by molar-refractivity contribution is 0.111. The van der Waals surface area contributed by atoms with E-state index in [1.54, 1.807) is 0 Å². The molecule has 1 aliphatic rings. The van der Waals surface area contributed by atoms with Gasteiger partial charge in [0, 0.05) is 23.3 Å². The molecule has 0 bridgehead atoms. The Morgan fingerprint density at radius 2 is 2.25 bits per heavy atom. The van der Waals surface area contributed by atoms with Crippen LogP contribution in [0.5, 0.6) is 0 Å². The number of nitrogens with zero attached hydrogens (tertiary/aromatic N) is 1. The molecule has 0 saturated carbocycles. The van der Waals surface area contributed by atoms with Crippen molar-refractivity contribution in [2.75, 3.05) is 6.61 Å². The van der Waals surface area contributed by atoms with Crippen LogP contribution in [-0.2, 0) is 17.8 Å². The molecule has 100 valence electrons. The molecule has 0 atom stereocenters. The molecule has 1 aromatic carbocycles. The van der Waals surface area contributed by atoms with Crippen molar-refractivity contribution in [3.05, 3.63) is 53.3 Å². The fraction of sp³-hybridized carbons (Fsp3) is 0.235. The van der Waals surface area contributed by atoms with Gasteiger partial charge in [0.1, 0.15) is 5.65 Å². The Kier molecular flexibility index (Phi) is 2.37. The van der Waals surface area contributed by atoms with Gasteiger partial charge in [-0.25, -0.2) is 4.98 Å². The number of aryl methyl sites for hydroxylation is 1. The molecular weight excluding hydrogens is 248 g/mol. The van der Waals surface area contributed by atoms with Gasteiger partial charge in [-0.15, -0.1) is 0 Å². The maximum absolute atomic E-state index is 8.23. The number of hydrogen-bond donors (Lipinski definition) is 1. The molecule has 0 radical (unpaired) electrons. The van der Waals surface area contributed by atoms with Crippen LogP contribution in [0, 0.1) is 6.92 Å². The quantitative estimate of drug-likeness (QED) is 0.730. The predicted octanol–water partition coefficient (Wildman–Crippen LogP) is 3.61. The van der Waals surface area contributed by atoms with Crippen molar-refractivity contribution < 1.29 is 6.11 Å². The summed E-state index contributed by atoms with van der Waals surface area (Å²) in [7, 11) is 0. The molecule has 1 N–H and O–H groups in total. The standard InChI is InChI=1S/C17H16N2O/c1-11-8-18-17-16(11)7-14(9-19-17)13-3-2-12-4-5-20-10-15(12)6-13/h2-3,6-9H,4-5,10H2,1H3,(H,18,19)/i2D. The van der Waals surface area contributed by atoms with Gasteiger partial charge in [0.15, 0.2) is 0 Å². The van der Waals surface area contributed by atoms with E-state index in [2.05, 4.69) is 29.0 Å². The monoisotopic (exact) mass is 265 g/mol. The summed E-state index contributed by atoms with van der Waals surface area (Å²) in [5.41, 5.74) is 6.44. The number of ether oxygens (including phenoxy) is 1. The zero-order valence-electron chi connectivity index (χ0n) is 12.4. The van der Waals surface area contributed by atoms with Gasteiger partial charge in [-0.3, -0.25) is 0 Å². The number of rotatable bonds is 1. The van der Waals surface area contributed by atoms with Crippen molar-refractivity contribution in [2.45, 2.75) is 20.0 Å². The number of nitrogens with one attached hydrogen (secondary N) is 1. The summed E-state index contributed by atoms with van der Waals surface area (Å²) >= 11 is 0. The van der Waals surface area contributed by atoms with E-state index in [-0.39, 0.29) is 0 Å². The van der Waals surface area contributed by atoms with Crippen molar-refractivity contribution in [1.82, 2.24) is 9.97 Å². The van der Waals surface area contributed by atoms with Gasteiger partial charge in [0.2, 0.25) is 0 Å². The Labute approximate surface area is 119 Å². The zero-order valence-corrected chi connectivity index (χ0v) is 11.4. The molecule has 3 nitrogen and oxygen atoms in total. The zero-order chi connectivity index (χ0) is 14.4. The van der Waals surface area contributed by atoms with Gasteiger partial charge >= 0.3 is 0 Å². The number of H-pyrrole nitrogens is 1. The van der Waals surface area contributed by atoms with Crippen LogP contribution in [0.3, 0.4) is 0 Å². The molecule has 0 aliphatic carbocycles. The number of hydrogen-bond acceptors (Lipinski definition) is 2. The van der Waals surface area contributed by atoms with E-state index in [0.717, 1.165) is 39.7 Å². The van der Waals surface area contributed by atoms with Crippen LogP contribution >= 0.6 is 0 Å². The van der Waals surface area contributed by atoms with E-state index in [1.165, 1.54) is 5.56 Å². The first-order chi connectivity index (χ1) is 10.2. The van der Waals surface area contributed by atoms with Crippen molar-refractivity contribution in [1.29, 1.82) is 0 Å². The topological polar surface area (TPSA) is 37.9 Å². The number of aromatic amines is 1. The van der Waals surface area contributed by atoms with Crippen LogP contribution in [0.1, 0.15) is 18.1 Å². The maximum atomic E-state index is 8.23. The highest BCUT2D eigenvalue weighted by Gasteiger charge is 2.11. The molecule has 1 aliphatic heterocycles. The van der Waals surface area contributed by atoms with Crippen molar-refractivity contribution in [3.8, 4) is 11.1 Å². The number of benzene rings is 1. The molecule has 20 heavy (non-hydrogen) atoms. The third-order valence-corrected chi connectivity index (χ3v) is 3.94. The van der Waals surface area contributed by atoms with Gasteiger partial charge in [-0.2, -0.15) is 0 Å². The predicted molar refractivity (Wildman–Crippen MR) is 79.6 cm³/mol. The van der Waals surface area contributed by atoms with E-state index >= 15 is 0 Å². The molecule has 3 heterocycles. The SMILES string of the molecule is [2H]c1cc(-c2cnc3[nH]cc(C)c3c2)cc2c1CCOC2. The summed E-state index contributed by atoms with van der Waals surface area (Å²) < 4.78 is 13.7. The second-order valence-electron chi connectivity index (χ2n) is 5.29. The molecule has 0 fully saturated rings. The van der Waals surface area contributed by atoms with Crippen molar-refractivity contribution in [2.24, 2.45) is 0 Å². The third-order valence-electron chi connectivity index (χ3n) is 3.94. The fourth-order valence-corrected chi connectivity index (χ4v) is 2.75. The van der Waals surface area contributed by atoms with E-state index in [9.17, 15) is 0 Å². The molecule has 0 spiro atoms. The van der Waals surface area contributed by atoms with Crippen molar-refractivity contribution in [3.63, 3.8) is 0 Å². The summed E-state index contributed by atoms with van der Waals surface area (Å²) in [6.07, 6.45) is 4.67. The van der Waals surface area contributed by atoms with E-state index in [1.807, 2.05) is 18.5 Å².